The Bertz CT molecular complexity index is 755. The molecule has 2 bridgehead atoms. The van der Waals surface area contributed by atoms with Crippen LogP contribution >= 0.6 is 0 Å². The van der Waals surface area contributed by atoms with Gasteiger partial charge in [-0.25, -0.2) is 0 Å². The molecule has 0 spiro atoms. The van der Waals surface area contributed by atoms with Crippen LogP contribution in [0.4, 0.5) is 0 Å². The van der Waals surface area contributed by atoms with Crippen molar-refractivity contribution >= 4 is 0 Å². The number of fused-ring (bicyclic) bond motifs is 2. The summed E-state index contributed by atoms with van der Waals surface area (Å²) < 4.78 is 0. The van der Waals surface area contributed by atoms with Crippen LogP contribution in [0.3, 0.4) is 0 Å². The topological polar surface area (TPSA) is 15.3 Å². The molecule has 3 aliphatic carbocycles. The zero-order valence-corrected chi connectivity index (χ0v) is 26.1. The number of allylic oxidation sites excluding steroid dienone is 2. The normalized spacial score (nSPS) is 37.3. The van der Waals surface area contributed by atoms with Gasteiger partial charge >= 0.3 is 0 Å². The highest BCUT2D eigenvalue weighted by molar-refractivity contribution is 5.16. The van der Waals surface area contributed by atoms with E-state index < -0.39 is 0 Å². The second kappa shape index (κ2) is 13.6. The molecule has 1 saturated heterocycles. The zero-order valence-electron chi connectivity index (χ0n) is 26.1. The third-order valence-corrected chi connectivity index (χ3v) is 11.5. The van der Waals surface area contributed by atoms with Gasteiger partial charge in [-0.1, -0.05) is 117 Å². The second-order valence-electron chi connectivity index (χ2n) is 15.3. The molecule has 38 heavy (non-hydrogen) atoms. The van der Waals surface area contributed by atoms with E-state index in [1.54, 1.807) is 0 Å². The van der Waals surface area contributed by atoms with Crippen LogP contribution in [-0.4, -0.2) is 23.0 Å². The van der Waals surface area contributed by atoms with E-state index in [4.69, 9.17) is 0 Å². The average Bonchev–Trinajstić information content (AvgIpc) is 3.09. The van der Waals surface area contributed by atoms with Gasteiger partial charge in [-0.05, 0) is 81.0 Å². The van der Waals surface area contributed by atoms with Crippen LogP contribution in [-0.2, 0) is 0 Å². The first-order valence-corrected chi connectivity index (χ1v) is 17.1. The van der Waals surface area contributed by atoms with E-state index >= 15 is 0 Å². The summed E-state index contributed by atoms with van der Waals surface area (Å²) in [6, 6.07) is 0.572. The first kappa shape index (κ1) is 30.0. The largest absolute Gasteiger partial charge is 0.386 e. The maximum Gasteiger partial charge on any atom is 0.0396 e. The lowest BCUT2D eigenvalue weighted by atomic mass is 9.70. The fourth-order valence-electron chi connectivity index (χ4n) is 9.52. The highest BCUT2D eigenvalue weighted by Crippen LogP contribution is 2.53. The zero-order chi connectivity index (χ0) is 27.2. The van der Waals surface area contributed by atoms with E-state index in [1.165, 1.54) is 146 Å². The van der Waals surface area contributed by atoms with Gasteiger partial charge in [-0.2, -0.15) is 0 Å². The molecule has 3 atom stereocenters. The molecule has 3 unspecified atom stereocenters. The van der Waals surface area contributed by atoms with Crippen molar-refractivity contribution in [3.05, 3.63) is 24.6 Å². The number of nitrogens with zero attached hydrogens (tertiary/aromatic N) is 1. The van der Waals surface area contributed by atoms with E-state index in [1.807, 2.05) is 0 Å². The van der Waals surface area contributed by atoms with Gasteiger partial charge in [0.1, 0.15) is 0 Å². The van der Waals surface area contributed by atoms with E-state index in [-0.39, 0.29) is 5.54 Å². The SMILES string of the molecule is C=C(CCC1CCC(CCCC)CC1)NC1CC2(C)CN(C(=C)CCC3CCC(CCC)CC3)C(C)(C1)C2. The van der Waals surface area contributed by atoms with E-state index in [9.17, 15) is 0 Å². The molecule has 2 nitrogen and oxygen atoms in total. The fourth-order valence-corrected chi connectivity index (χ4v) is 9.52. The number of nitrogens with one attached hydrogen (secondary N) is 1. The Labute approximate surface area is 237 Å². The average molecular weight is 525 g/mol. The summed E-state index contributed by atoms with van der Waals surface area (Å²) in [6.07, 6.45) is 27.7. The molecule has 2 heteroatoms. The summed E-state index contributed by atoms with van der Waals surface area (Å²) in [5, 5.41) is 3.95. The molecule has 0 radical (unpaired) electrons. The monoisotopic (exact) mass is 525 g/mol. The van der Waals surface area contributed by atoms with Crippen LogP contribution in [0.15, 0.2) is 24.6 Å². The van der Waals surface area contributed by atoms with Crippen LogP contribution < -0.4 is 5.32 Å². The van der Waals surface area contributed by atoms with Gasteiger partial charge in [-0.15, -0.1) is 0 Å². The lowest BCUT2D eigenvalue weighted by molar-refractivity contribution is 0.143. The highest BCUT2D eigenvalue weighted by atomic mass is 15.3. The van der Waals surface area contributed by atoms with Crippen molar-refractivity contribution in [2.24, 2.45) is 29.1 Å². The number of rotatable bonds is 14. The molecule has 1 heterocycles. The van der Waals surface area contributed by atoms with Gasteiger partial charge in [0, 0.05) is 29.5 Å². The first-order valence-electron chi connectivity index (χ1n) is 17.1. The summed E-state index contributed by atoms with van der Waals surface area (Å²) in [5.74, 6) is 3.91. The van der Waals surface area contributed by atoms with Crippen molar-refractivity contribution in [3.8, 4) is 0 Å². The van der Waals surface area contributed by atoms with Gasteiger partial charge < -0.3 is 10.2 Å². The number of unbranched alkanes of at least 4 members (excludes halogenated alkanes) is 1. The molecule has 218 valence electrons. The summed E-state index contributed by atoms with van der Waals surface area (Å²) in [5.41, 5.74) is 3.40. The molecule has 0 aromatic rings. The molecule has 1 aliphatic heterocycles. The van der Waals surface area contributed by atoms with Crippen molar-refractivity contribution in [3.63, 3.8) is 0 Å². The van der Waals surface area contributed by atoms with Crippen LogP contribution in [0.1, 0.15) is 156 Å². The minimum absolute atomic E-state index is 0.262. The molecule has 0 amide bonds. The predicted molar refractivity (Wildman–Crippen MR) is 166 cm³/mol. The number of hydrogen-bond donors (Lipinski definition) is 1. The summed E-state index contributed by atoms with van der Waals surface area (Å²) in [6.45, 7) is 20.2. The molecule has 3 saturated carbocycles. The Balaban J connectivity index is 1.19. The Morgan fingerprint density at radius 2 is 1.29 bits per heavy atom. The van der Waals surface area contributed by atoms with E-state index in [0.29, 0.717) is 11.5 Å². The Kier molecular flexibility index (Phi) is 10.8. The lowest BCUT2D eigenvalue weighted by Crippen LogP contribution is -2.47. The van der Waals surface area contributed by atoms with Crippen molar-refractivity contribution in [2.75, 3.05) is 6.54 Å². The minimum Gasteiger partial charge on any atom is -0.386 e. The summed E-state index contributed by atoms with van der Waals surface area (Å²) in [4.78, 5) is 2.76. The molecule has 4 fully saturated rings. The molecular weight excluding hydrogens is 460 g/mol. The van der Waals surface area contributed by atoms with Crippen molar-refractivity contribution in [1.82, 2.24) is 10.2 Å². The summed E-state index contributed by atoms with van der Waals surface area (Å²) >= 11 is 0. The standard InChI is InChI=1S/C36H64N2/c1-7-9-11-31-18-22-32(23-19-31)14-12-28(3)37-34-24-35(5)26-36(6,25-34)38(27-35)29(4)13-15-33-20-16-30(10-8-2)17-21-33/h30-34,37H,3-4,7-27H2,1-2,5-6H3. The third-order valence-electron chi connectivity index (χ3n) is 11.5. The van der Waals surface area contributed by atoms with Crippen molar-refractivity contribution < 1.29 is 0 Å². The van der Waals surface area contributed by atoms with Gasteiger partial charge in [0.05, 0.1) is 0 Å². The Morgan fingerprint density at radius 1 is 0.737 bits per heavy atom. The minimum atomic E-state index is 0.262. The quantitative estimate of drug-likeness (QED) is 0.243. The first-order chi connectivity index (χ1) is 18.2. The van der Waals surface area contributed by atoms with Crippen LogP contribution in [0, 0.1) is 29.1 Å². The third kappa shape index (κ3) is 8.06. The van der Waals surface area contributed by atoms with Crippen LogP contribution in [0.25, 0.3) is 0 Å². The van der Waals surface area contributed by atoms with Crippen molar-refractivity contribution in [2.45, 2.75) is 168 Å². The highest BCUT2D eigenvalue weighted by Gasteiger charge is 2.54. The molecule has 1 N–H and O–H groups in total. The maximum absolute atomic E-state index is 4.68. The molecule has 4 aliphatic rings. The Morgan fingerprint density at radius 3 is 1.87 bits per heavy atom. The van der Waals surface area contributed by atoms with Gasteiger partial charge in [0.25, 0.3) is 0 Å². The van der Waals surface area contributed by atoms with Gasteiger partial charge in [-0.3, -0.25) is 0 Å². The maximum atomic E-state index is 4.68. The predicted octanol–water partition coefficient (Wildman–Crippen LogP) is 10.4. The van der Waals surface area contributed by atoms with Crippen LogP contribution in [0.5, 0.6) is 0 Å². The van der Waals surface area contributed by atoms with Gasteiger partial charge in [0.2, 0.25) is 0 Å². The lowest BCUT2D eigenvalue weighted by Gasteiger charge is -2.43. The molecule has 4 rings (SSSR count). The number of likely N-dealkylation sites (tertiary alicyclic amines) is 1. The molecule has 0 aromatic carbocycles. The Hall–Kier alpha value is -0.920. The van der Waals surface area contributed by atoms with Gasteiger partial charge in [0.15, 0.2) is 0 Å². The van der Waals surface area contributed by atoms with Crippen molar-refractivity contribution in [1.29, 1.82) is 0 Å². The second-order valence-corrected chi connectivity index (χ2v) is 15.3. The smallest absolute Gasteiger partial charge is 0.0396 e. The van der Waals surface area contributed by atoms with Crippen LogP contribution in [0.2, 0.25) is 0 Å². The number of hydrogen-bond acceptors (Lipinski definition) is 2. The summed E-state index contributed by atoms with van der Waals surface area (Å²) in [7, 11) is 0. The fraction of sp³-hybridized carbons (Fsp3) is 0.889. The van der Waals surface area contributed by atoms with E-state index in [2.05, 4.69) is 51.1 Å². The van der Waals surface area contributed by atoms with E-state index in [0.717, 1.165) is 23.7 Å². The molecular formula is C36H64N2. The molecule has 0 aromatic heterocycles.